The number of rotatable bonds is 5. The van der Waals surface area contributed by atoms with E-state index in [9.17, 15) is 14.0 Å². The van der Waals surface area contributed by atoms with Crippen molar-refractivity contribution in [2.75, 3.05) is 30.4 Å². The number of aryl methyl sites for hydroxylation is 1. The molecule has 1 aliphatic heterocycles. The van der Waals surface area contributed by atoms with E-state index in [1.807, 2.05) is 38.7 Å². The fourth-order valence-electron chi connectivity index (χ4n) is 5.24. The zero-order valence-corrected chi connectivity index (χ0v) is 24.2. The molecule has 0 radical (unpaired) electrons. The highest BCUT2D eigenvalue weighted by atomic mass is 35.5. The van der Waals surface area contributed by atoms with Gasteiger partial charge >= 0.3 is 5.69 Å². The number of halogens is 3. The van der Waals surface area contributed by atoms with Crippen LogP contribution in [0.25, 0.3) is 28.0 Å². The van der Waals surface area contributed by atoms with Crippen LogP contribution in [-0.4, -0.2) is 61.9 Å². The van der Waals surface area contributed by atoms with Crippen molar-refractivity contribution in [3.8, 4) is 16.9 Å². The molecular formula is C29H29Cl2FN6O2. The summed E-state index contributed by atoms with van der Waals surface area (Å²) in [5.74, 6) is -0.306. The predicted octanol–water partition coefficient (Wildman–Crippen LogP) is 5.34. The molecule has 1 aromatic carbocycles. The van der Waals surface area contributed by atoms with Crippen molar-refractivity contribution in [1.29, 1.82) is 0 Å². The van der Waals surface area contributed by atoms with Gasteiger partial charge in [0.15, 0.2) is 5.65 Å². The van der Waals surface area contributed by atoms with E-state index < -0.39 is 11.5 Å². The Labute approximate surface area is 241 Å². The molecule has 11 heteroatoms. The first kappa shape index (κ1) is 28.0. The minimum absolute atomic E-state index is 0.00225. The van der Waals surface area contributed by atoms with E-state index in [1.165, 1.54) is 10.6 Å². The number of hydrogen-bond donors (Lipinski definition) is 0. The van der Waals surface area contributed by atoms with Gasteiger partial charge in [0.25, 0.3) is 0 Å². The maximum atomic E-state index is 14.9. The van der Waals surface area contributed by atoms with Crippen LogP contribution >= 0.6 is 23.2 Å². The highest BCUT2D eigenvalue weighted by Gasteiger charge is 2.31. The molecule has 208 valence electrons. The molecule has 8 nitrogen and oxygen atoms in total. The fourth-order valence-corrected chi connectivity index (χ4v) is 5.66. The summed E-state index contributed by atoms with van der Waals surface area (Å²) in [6, 6.07) is 9.60. The Hall–Kier alpha value is -3.56. The number of carbonyl (C=O) groups is 1. The SMILES string of the molecule is Cc1ccnc(C(C)C)c1-n1c(=O)nc(N2CCN(C(=O)CCl)C[C@@H]2C)c2cc(Cl)c(-c3ccccc3F)nc21. The topological polar surface area (TPSA) is 84.2 Å². The molecule has 0 spiro atoms. The van der Waals surface area contributed by atoms with Crippen LogP contribution < -0.4 is 10.6 Å². The quantitative estimate of drug-likeness (QED) is 0.295. The number of carbonyl (C=O) groups excluding carboxylic acids is 1. The van der Waals surface area contributed by atoms with Crippen LogP contribution in [0.3, 0.4) is 0 Å². The zero-order valence-electron chi connectivity index (χ0n) is 22.7. The van der Waals surface area contributed by atoms with Crippen LogP contribution in [0.4, 0.5) is 10.2 Å². The number of nitrogens with zero attached hydrogens (tertiary/aromatic N) is 6. The summed E-state index contributed by atoms with van der Waals surface area (Å²) < 4.78 is 16.4. The van der Waals surface area contributed by atoms with Gasteiger partial charge in [-0.05, 0) is 49.6 Å². The molecule has 1 atom stereocenters. The summed E-state index contributed by atoms with van der Waals surface area (Å²) >= 11 is 12.5. The molecule has 4 aromatic rings. The van der Waals surface area contributed by atoms with Crippen LogP contribution in [0.5, 0.6) is 0 Å². The van der Waals surface area contributed by atoms with Crippen LogP contribution in [0.2, 0.25) is 5.02 Å². The van der Waals surface area contributed by atoms with E-state index in [1.54, 1.807) is 35.4 Å². The lowest BCUT2D eigenvalue weighted by Crippen LogP contribution is -2.54. The number of hydrogen-bond acceptors (Lipinski definition) is 6. The van der Waals surface area contributed by atoms with Gasteiger partial charge in [0.2, 0.25) is 5.91 Å². The third-order valence-electron chi connectivity index (χ3n) is 7.22. The minimum Gasteiger partial charge on any atom is -0.350 e. The fraction of sp³-hybridized carbons (Fsp3) is 0.345. The highest BCUT2D eigenvalue weighted by molar-refractivity contribution is 6.34. The van der Waals surface area contributed by atoms with Gasteiger partial charge in [-0.25, -0.2) is 18.7 Å². The Kier molecular flexibility index (Phi) is 7.79. The first-order chi connectivity index (χ1) is 19.1. The normalized spacial score (nSPS) is 15.8. The van der Waals surface area contributed by atoms with E-state index in [0.717, 1.165) is 5.56 Å². The molecule has 0 saturated carbocycles. The Balaban J connectivity index is 1.81. The molecule has 3 aromatic heterocycles. The van der Waals surface area contributed by atoms with Gasteiger partial charge in [0.1, 0.15) is 17.5 Å². The third kappa shape index (κ3) is 4.92. The van der Waals surface area contributed by atoms with Crippen LogP contribution in [0.15, 0.2) is 47.4 Å². The Morgan fingerprint density at radius 1 is 1.18 bits per heavy atom. The molecule has 40 heavy (non-hydrogen) atoms. The molecule has 1 fully saturated rings. The van der Waals surface area contributed by atoms with Gasteiger partial charge in [-0.3, -0.25) is 9.78 Å². The molecule has 0 unspecified atom stereocenters. The van der Waals surface area contributed by atoms with Crippen LogP contribution in [0, 0.1) is 12.7 Å². The number of benzene rings is 1. The molecule has 1 amide bonds. The van der Waals surface area contributed by atoms with Crippen molar-refractivity contribution in [1.82, 2.24) is 24.4 Å². The van der Waals surface area contributed by atoms with Crippen molar-refractivity contribution in [2.24, 2.45) is 0 Å². The Bertz CT molecular complexity index is 1670. The lowest BCUT2D eigenvalue weighted by molar-refractivity contribution is -0.129. The first-order valence-corrected chi connectivity index (χ1v) is 14.0. The summed E-state index contributed by atoms with van der Waals surface area (Å²) in [6.07, 6.45) is 1.71. The third-order valence-corrected chi connectivity index (χ3v) is 7.74. The monoisotopic (exact) mass is 582 g/mol. The largest absolute Gasteiger partial charge is 0.355 e. The van der Waals surface area contributed by atoms with Crippen LogP contribution in [0.1, 0.15) is 37.9 Å². The van der Waals surface area contributed by atoms with Gasteiger partial charge in [-0.1, -0.05) is 37.6 Å². The lowest BCUT2D eigenvalue weighted by atomic mass is 10.0. The van der Waals surface area contributed by atoms with Gasteiger partial charge < -0.3 is 9.80 Å². The average Bonchev–Trinajstić information content (AvgIpc) is 2.93. The number of amides is 1. The smallest absolute Gasteiger partial charge is 0.350 e. The Morgan fingerprint density at radius 3 is 2.60 bits per heavy atom. The number of aromatic nitrogens is 4. The van der Waals surface area contributed by atoms with E-state index >= 15 is 0 Å². The zero-order chi connectivity index (χ0) is 28.7. The van der Waals surface area contributed by atoms with E-state index in [4.69, 9.17) is 28.2 Å². The number of anilines is 1. The van der Waals surface area contributed by atoms with Crippen molar-refractivity contribution in [3.63, 3.8) is 0 Å². The van der Waals surface area contributed by atoms with Gasteiger partial charge in [-0.2, -0.15) is 4.98 Å². The first-order valence-electron chi connectivity index (χ1n) is 13.1. The second kappa shape index (κ2) is 11.1. The van der Waals surface area contributed by atoms with Crippen molar-refractivity contribution < 1.29 is 9.18 Å². The summed E-state index contributed by atoms with van der Waals surface area (Å²) in [7, 11) is 0. The predicted molar refractivity (Wildman–Crippen MR) is 156 cm³/mol. The van der Waals surface area contributed by atoms with Crippen molar-refractivity contribution >= 4 is 46.0 Å². The van der Waals surface area contributed by atoms with E-state index in [2.05, 4.69) is 9.97 Å². The number of fused-ring (bicyclic) bond motifs is 1. The summed E-state index contributed by atoms with van der Waals surface area (Å²) in [4.78, 5) is 43.8. The van der Waals surface area contributed by atoms with E-state index in [0.29, 0.717) is 47.9 Å². The maximum Gasteiger partial charge on any atom is 0.355 e. The molecule has 5 rings (SSSR count). The second-order valence-electron chi connectivity index (χ2n) is 10.3. The summed E-state index contributed by atoms with van der Waals surface area (Å²) in [5, 5.41) is 0.757. The van der Waals surface area contributed by atoms with Crippen LogP contribution in [-0.2, 0) is 4.79 Å². The average molecular weight is 583 g/mol. The number of pyridine rings is 2. The summed E-state index contributed by atoms with van der Waals surface area (Å²) in [5.41, 5.74) is 2.32. The number of piperazine rings is 1. The molecule has 4 heterocycles. The Morgan fingerprint density at radius 2 is 1.93 bits per heavy atom. The van der Waals surface area contributed by atoms with E-state index in [-0.39, 0.29) is 40.0 Å². The molecular weight excluding hydrogens is 554 g/mol. The second-order valence-corrected chi connectivity index (χ2v) is 10.9. The molecule has 0 aliphatic carbocycles. The maximum absolute atomic E-state index is 14.9. The van der Waals surface area contributed by atoms with Crippen molar-refractivity contribution in [2.45, 2.75) is 39.7 Å². The van der Waals surface area contributed by atoms with Crippen molar-refractivity contribution in [3.05, 3.63) is 75.2 Å². The summed E-state index contributed by atoms with van der Waals surface area (Å²) in [6.45, 7) is 9.14. The molecule has 1 aliphatic rings. The molecule has 0 bridgehead atoms. The lowest BCUT2D eigenvalue weighted by Gasteiger charge is -2.40. The highest BCUT2D eigenvalue weighted by Crippen LogP contribution is 2.36. The minimum atomic E-state index is -0.540. The number of alkyl halides is 1. The molecule has 0 N–H and O–H groups in total. The van der Waals surface area contributed by atoms with Gasteiger partial charge in [0.05, 0.1) is 27.5 Å². The van der Waals surface area contributed by atoms with Gasteiger partial charge in [-0.15, -0.1) is 11.6 Å². The molecule has 1 saturated heterocycles. The standard InChI is InChI=1S/C29H29Cl2FN6O2/c1-16(2)24-26(17(3)9-10-33-24)38-28-20(13-21(31)25(34-28)19-7-5-6-8-22(19)32)27(35-29(38)40)37-12-11-36(15-18(37)4)23(39)14-30/h5-10,13,16,18H,11-12,14-15H2,1-4H3/t18-/m0/s1. The van der Waals surface area contributed by atoms with Gasteiger partial charge in [0, 0.05) is 37.4 Å².